The van der Waals surface area contributed by atoms with Crippen molar-refractivity contribution in [2.24, 2.45) is 0 Å². The maximum Gasteiger partial charge on any atom is 0.0404 e. The Balaban J connectivity index is 0.000000810. The molecule has 0 spiro atoms. The van der Waals surface area contributed by atoms with Crippen LogP contribution in [0.3, 0.4) is 0 Å². The summed E-state index contributed by atoms with van der Waals surface area (Å²) in [6, 6.07) is 4.09. The summed E-state index contributed by atoms with van der Waals surface area (Å²) in [6.45, 7) is 4.18. The zero-order valence-electron chi connectivity index (χ0n) is 6.46. The Morgan fingerprint density at radius 3 is 2.60 bits per heavy atom. The van der Waals surface area contributed by atoms with Crippen molar-refractivity contribution in [1.29, 1.82) is 0 Å². The standard InChI is InChI=1S/C8H11N.B/c1-3-8-5-4-6-9-7(8)2;/h4-6H,3H2,1-2H3;. The van der Waals surface area contributed by atoms with Crippen molar-refractivity contribution in [3.8, 4) is 0 Å². The van der Waals surface area contributed by atoms with Gasteiger partial charge in [0.2, 0.25) is 0 Å². The summed E-state index contributed by atoms with van der Waals surface area (Å²) in [5, 5.41) is 0. The van der Waals surface area contributed by atoms with Crippen LogP contribution in [0, 0.1) is 6.92 Å². The van der Waals surface area contributed by atoms with Crippen LogP contribution in [-0.2, 0) is 6.42 Å². The van der Waals surface area contributed by atoms with Crippen LogP contribution in [0.15, 0.2) is 18.3 Å². The molecule has 0 bridgehead atoms. The molecule has 1 rings (SSSR count). The summed E-state index contributed by atoms with van der Waals surface area (Å²) < 4.78 is 0. The number of aryl methyl sites for hydroxylation is 2. The predicted molar refractivity (Wildman–Crippen MR) is 44.1 cm³/mol. The highest BCUT2D eigenvalue weighted by atomic mass is 14.7. The lowest BCUT2D eigenvalue weighted by atomic mass is 10.2. The van der Waals surface area contributed by atoms with Crippen LogP contribution in [0.1, 0.15) is 18.2 Å². The normalized spacial score (nSPS) is 8.60. The zero-order chi connectivity index (χ0) is 6.69. The third-order valence-corrected chi connectivity index (χ3v) is 1.50. The zero-order valence-corrected chi connectivity index (χ0v) is 6.46. The van der Waals surface area contributed by atoms with Crippen LogP contribution in [0.25, 0.3) is 0 Å². The third kappa shape index (κ3) is 1.87. The first-order valence-corrected chi connectivity index (χ1v) is 3.25. The highest BCUT2D eigenvalue weighted by Gasteiger charge is 1.91. The molecule has 0 unspecified atom stereocenters. The number of rotatable bonds is 1. The van der Waals surface area contributed by atoms with Crippen molar-refractivity contribution < 1.29 is 0 Å². The van der Waals surface area contributed by atoms with E-state index in [0.29, 0.717) is 0 Å². The number of hydrogen-bond acceptors (Lipinski definition) is 1. The predicted octanol–water partition coefficient (Wildman–Crippen LogP) is 1.57. The topological polar surface area (TPSA) is 12.9 Å². The molecule has 3 radical (unpaired) electrons. The van der Waals surface area contributed by atoms with Crippen molar-refractivity contribution in [3.63, 3.8) is 0 Å². The van der Waals surface area contributed by atoms with E-state index in [2.05, 4.69) is 18.0 Å². The van der Waals surface area contributed by atoms with Gasteiger partial charge < -0.3 is 0 Å². The van der Waals surface area contributed by atoms with Crippen LogP contribution >= 0.6 is 0 Å². The van der Waals surface area contributed by atoms with E-state index in [-0.39, 0.29) is 8.41 Å². The van der Waals surface area contributed by atoms with Crippen molar-refractivity contribution in [3.05, 3.63) is 29.6 Å². The smallest absolute Gasteiger partial charge is 0.0404 e. The molecule has 0 aliphatic carbocycles. The summed E-state index contributed by atoms with van der Waals surface area (Å²) in [5.74, 6) is 0. The fourth-order valence-corrected chi connectivity index (χ4v) is 0.891. The van der Waals surface area contributed by atoms with Gasteiger partial charge >= 0.3 is 0 Å². The van der Waals surface area contributed by atoms with Gasteiger partial charge in [0, 0.05) is 20.3 Å². The highest BCUT2D eigenvalue weighted by Crippen LogP contribution is 2.02. The fourth-order valence-electron chi connectivity index (χ4n) is 0.891. The molecule has 10 heavy (non-hydrogen) atoms. The lowest BCUT2D eigenvalue weighted by Crippen LogP contribution is -1.87. The van der Waals surface area contributed by atoms with Gasteiger partial charge in [0.25, 0.3) is 0 Å². The summed E-state index contributed by atoms with van der Waals surface area (Å²) >= 11 is 0. The van der Waals surface area contributed by atoms with Gasteiger partial charge in [-0.3, -0.25) is 4.98 Å². The van der Waals surface area contributed by atoms with E-state index in [0.717, 1.165) is 12.1 Å². The summed E-state index contributed by atoms with van der Waals surface area (Å²) in [6.07, 6.45) is 2.91. The SMILES string of the molecule is CCc1cccnc1C.[B]. The molecule has 0 aromatic carbocycles. The average molecular weight is 132 g/mol. The summed E-state index contributed by atoms with van der Waals surface area (Å²) in [7, 11) is 0. The molecule has 0 aliphatic rings. The van der Waals surface area contributed by atoms with Crippen molar-refractivity contribution in [1.82, 2.24) is 4.98 Å². The van der Waals surface area contributed by atoms with Crippen LogP contribution in [-0.4, -0.2) is 13.4 Å². The molecular formula is C8H11BN. The molecule has 0 amide bonds. The van der Waals surface area contributed by atoms with Crippen molar-refractivity contribution in [2.45, 2.75) is 20.3 Å². The molecule has 0 fully saturated rings. The van der Waals surface area contributed by atoms with Crippen molar-refractivity contribution in [2.75, 3.05) is 0 Å². The van der Waals surface area contributed by atoms with Crippen LogP contribution in [0.2, 0.25) is 0 Å². The first-order valence-electron chi connectivity index (χ1n) is 3.25. The second kappa shape index (κ2) is 4.10. The van der Waals surface area contributed by atoms with Crippen LogP contribution in [0.4, 0.5) is 0 Å². The minimum atomic E-state index is 0. The molecule has 1 aromatic rings. The quantitative estimate of drug-likeness (QED) is 0.528. The van der Waals surface area contributed by atoms with Gasteiger partial charge in [-0.2, -0.15) is 0 Å². The Morgan fingerprint density at radius 1 is 1.50 bits per heavy atom. The lowest BCUT2D eigenvalue weighted by Gasteiger charge is -1.97. The maximum atomic E-state index is 4.15. The van der Waals surface area contributed by atoms with Gasteiger partial charge in [0.05, 0.1) is 0 Å². The van der Waals surface area contributed by atoms with E-state index in [9.17, 15) is 0 Å². The second-order valence-corrected chi connectivity index (χ2v) is 2.10. The Hall–Kier alpha value is -0.785. The molecule has 0 saturated heterocycles. The van der Waals surface area contributed by atoms with E-state index in [1.54, 1.807) is 0 Å². The molecule has 1 aromatic heterocycles. The molecule has 0 N–H and O–H groups in total. The van der Waals surface area contributed by atoms with E-state index in [1.807, 2.05) is 19.2 Å². The average Bonchev–Trinajstić information content (AvgIpc) is 1.89. The van der Waals surface area contributed by atoms with E-state index in [1.165, 1.54) is 5.56 Å². The Morgan fingerprint density at radius 2 is 2.20 bits per heavy atom. The van der Waals surface area contributed by atoms with Gasteiger partial charge in [-0.05, 0) is 25.0 Å². The number of pyridine rings is 1. The van der Waals surface area contributed by atoms with E-state index < -0.39 is 0 Å². The molecule has 51 valence electrons. The van der Waals surface area contributed by atoms with E-state index in [4.69, 9.17) is 0 Å². The monoisotopic (exact) mass is 132 g/mol. The molecule has 2 heteroatoms. The number of aromatic nitrogens is 1. The Labute approximate surface area is 64.1 Å². The van der Waals surface area contributed by atoms with E-state index >= 15 is 0 Å². The molecule has 1 nitrogen and oxygen atoms in total. The minimum absolute atomic E-state index is 0. The van der Waals surface area contributed by atoms with Gasteiger partial charge in [-0.1, -0.05) is 13.0 Å². The first kappa shape index (κ1) is 9.21. The molecule has 0 saturated carbocycles. The molecule has 0 atom stereocenters. The second-order valence-electron chi connectivity index (χ2n) is 2.10. The largest absolute Gasteiger partial charge is 0.261 e. The fraction of sp³-hybridized carbons (Fsp3) is 0.375. The van der Waals surface area contributed by atoms with Crippen molar-refractivity contribution >= 4 is 8.41 Å². The highest BCUT2D eigenvalue weighted by molar-refractivity contribution is 5.75. The van der Waals surface area contributed by atoms with Gasteiger partial charge in [0.15, 0.2) is 0 Å². The molecule has 0 aliphatic heterocycles. The molecular weight excluding hydrogens is 121 g/mol. The Kier molecular flexibility index (Phi) is 3.78. The van der Waals surface area contributed by atoms with Crippen LogP contribution < -0.4 is 0 Å². The number of hydrogen-bond donors (Lipinski definition) is 0. The van der Waals surface area contributed by atoms with Crippen LogP contribution in [0.5, 0.6) is 0 Å². The minimum Gasteiger partial charge on any atom is -0.261 e. The van der Waals surface area contributed by atoms with Gasteiger partial charge in [0.1, 0.15) is 0 Å². The van der Waals surface area contributed by atoms with Gasteiger partial charge in [-0.15, -0.1) is 0 Å². The third-order valence-electron chi connectivity index (χ3n) is 1.50. The Bertz CT molecular complexity index is 198. The first-order chi connectivity index (χ1) is 4.34. The van der Waals surface area contributed by atoms with Gasteiger partial charge in [-0.25, -0.2) is 0 Å². The lowest BCUT2D eigenvalue weighted by molar-refractivity contribution is 1.05. The maximum absolute atomic E-state index is 4.15. The summed E-state index contributed by atoms with van der Waals surface area (Å²) in [5.41, 5.74) is 2.50. The number of nitrogens with zero attached hydrogens (tertiary/aromatic N) is 1. The summed E-state index contributed by atoms with van der Waals surface area (Å²) in [4.78, 5) is 4.15. The molecule has 1 heterocycles.